The van der Waals surface area contributed by atoms with E-state index < -0.39 is 0 Å². The Labute approximate surface area is 164 Å². The Balaban J connectivity index is 1.64. The third-order valence-electron chi connectivity index (χ3n) is 3.80. The minimum absolute atomic E-state index is 0.0536. The largest absolute Gasteiger partial charge is 0.493 e. The first-order valence-electron chi connectivity index (χ1n) is 9.00. The van der Waals surface area contributed by atoms with E-state index in [1.54, 1.807) is 30.0 Å². The summed E-state index contributed by atoms with van der Waals surface area (Å²) in [5.74, 6) is 1.74. The van der Waals surface area contributed by atoms with E-state index in [4.69, 9.17) is 4.74 Å². The molecule has 2 rings (SSSR count). The molecule has 0 saturated carbocycles. The Morgan fingerprint density at radius 2 is 1.78 bits per heavy atom. The third-order valence-corrected chi connectivity index (χ3v) is 4.83. The fourth-order valence-corrected chi connectivity index (χ4v) is 3.21. The number of ether oxygens (including phenoxy) is 1. The molecule has 0 aliphatic rings. The first-order valence-corrected chi connectivity index (χ1v) is 10.2. The number of benzene rings is 2. The number of carbonyl (C=O) groups excluding carboxylic acids is 2. The van der Waals surface area contributed by atoms with E-state index >= 15 is 0 Å². The van der Waals surface area contributed by atoms with Crippen LogP contribution < -0.4 is 15.4 Å². The van der Waals surface area contributed by atoms with E-state index in [1.807, 2.05) is 13.0 Å². The molecule has 27 heavy (non-hydrogen) atoms. The van der Waals surface area contributed by atoms with Gasteiger partial charge in [0.2, 0.25) is 5.91 Å². The third kappa shape index (κ3) is 7.35. The van der Waals surface area contributed by atoms with Gasteiger partial charge in [-0.3, -0.25) is 9.59 Å². The van der Waals surface area contributed by atoms with Crippen molar-refractivity contribution in [2.24, 2.45) is 0 Å². The summed E-state index contributed by atoms with van der Waals surface area (Å²) >= 11 is 1.76. The van der Waals surface area contributed by atoms with Gasteiger partial charge in [-0.2, -0.15) is 11.8 Å². The predicted octanol–water partition coefficient (Wildman–Crippen LogP) is 3.17. The molecule has 0 spiro atoms. The first-order chi connectivity index (χ1) is 13.1. The van der Waals surface area contributed by atoms with Gasteiger partial charge in [0.25, 0.3) is 5.91 Å². The zero-order valence-corrected chi connectivity index (χ0v) is 16.6. The van der Waals surface area contributed by atoms with Gasteiger partial charge < -0.3 is 15.4 Å². The second kappa shape index (κ2) is 11.3. The average molecular weight is 387 g/mol. The summed E-state index contributed by atoms with van der Waals surface area (Å²) in [6.45, 7) is 4.92. The maximum absolute atomic E-state index is 12.2. The lowest BCUT2D eigenvalue weighted by Gasteiger charge is -2.10. The summed E-state index contributed by atoms with van der Waals surface area (Å²) in [7, 11) is 0. The van der Waals surface area contributed by atoms with Crippen molar-refractivity contribution in [2.45, 2.75) is 19.6 Å². The van der Waals surface area contributed by atoms with Crippen LogP contribution in [0.3, 0.4) is 0 Å². The lowest BCUT2D eigenvalue weighted by Crippen LogP contribution is -2.37. The molecule has 0 bridgehead atoms. The molecule has 0 radical (unpaired) electrons. The van der Waals surface area contributed by atoms with Crippen LogP contribution in [0.15, 0.2) is 48.5 Å². The van der Waals surface area contributed by atoms with Crippen molar-refractivity contribution in [2.75, 3.05) is 25.4 Å². The highest BCUT2D eigenvalue weighted by Gasteiger charge is 2.12. The van der Waals surface area contributed by atoms with E-state index in [1.165, 1.54) is 11.1 Å². The SMILES string of the molecule is CCOc1ccccc1C(=O)NCC(=O)NCCSCc1ccc(C)cc1. The molecule has 6 heteroatoms. The molecule has 144 valence electrons. The van der Waals surface area contributed by atoms with Gasteiger partial charge in [-0.25, -0.2) is 0 Å². The molecule has 5 nitrogen and oxygen atoms in total. The maximum atomic E-state index is 12.2. The summed E-state index contributed by atoms with van der Waals surface area (Å²) in [5, 5.41) is 5.45. The standard InChI is InChI=1S/C21H26N2O3S/c1-3-26-19-7-5-4-6-18(19)21(25)23-14-20(24)22-12-13-27-15-17-10-8-16(2)9-11-17/h4-11H,3,12-15H2,1-2H3,(H,22,24)(H,23,25). The Morgan fingerprint density at radius 1 is 1.04 bits per heavy atom. The van der Waals surface area contributed by atoms with Crippen LogP contribution in [-0.2, 0) is 10.5 Å². The number of thioether (sulfide) groups is 1. The zero-order valence-electron chi connectivity index (χ0n) is 15.8. The summed E-state index contributed by atoms with van der Waals surface area (Å²) in [5.41, 5.74) is 2.96. The van der Waals surface area contributed by atoms with Crippen molar-refractivity contribution >= 4 is 23.6 Å². The number of amides is 2. The monoisotopic (exact) mass is 386 g/mol. The Hall–Kier alpha value is -2.47. The molecule has 2 N–H and O–H groups in total. The van der Waals surface area contributed by atoms with E-state index in [0.717, 1.165) is 11.5 Å². The van der Waals surface area contributed by atoms with E-state index in [2.05, 4.69) is 41.8 Å². The van der Waals surface area contributed by atoms with Gasteiger partial charge in [-0.1, -0.05) is 42.0 Å². The molecule has 0 heterocycles. The van der Waals surface area contributed by atoms with Crippen molar-refractivity contribution in [3.8, 4) is 5.75 Å². The highest BCUT2D eigenvalue weighted by Crippen LogP contribution is 2.17. The molecular weight excluding hydrogens is 360 g/mol. The molecule has 0 atom stereocenters. The number of rotatable bonds is 10. The van der Waals surface area contributed by atoms with Gasteiger partial charge in [-0.15, -0.1) is 0 Å². The highest BCUT2D eigenvalue weighted by atomic mass is 32.2. The molecule has 0 aromatic heterocycles. The summed E-state index contributed by atoms with van der Waals surface area (Å²) in [6, 6.07) is 15.4. The van der Waals surface area contributed by atoms with Crippen LogP contribution in [0.25, 0.3) is 0 Å². The van der Waals surface area contributed by atoms with Crippen LogP contribution in [0, 0.1) is 6.92 Å². The minimum atomic E-state index is -0.317. The molecule has 2 aromatic carbocycles. The summed E-state index contributed by atoms with van der Waals surface area (Å²) < 4.78 is 5.44. The van der Waals surface area contributed by atoms with Gasteiger partial charge >= 0.3 is 0 Å². The number of hydrogen-bond donors (Lipinski definition) is 2. The van der Waals surface area contributed by atoms with Crippen LogP contribution in [-0.4, -0.2) is 37.3 Å². The number of para-hydroxylation sites is 1. The Morgan fingerprint density at radius 3 is 2.52 bits per heavy atom. The van der Waals surface area contributed by atoms with E-state index in [0.29, 0.717) is 24.5 Å². The number of hydrogen-bond acceptors (Lipinski definition) is 4. The molecule has 0 aliphatic heterocycles. The van der Waals surface area contributed by atoms with Crippen molar-refractivity contribution < 1.29 is 14.3 Å². The summed E-state index contributed by atoms with van der Waals surface area (Å²) in [4.78, 5) is 24.1. The predicted molar refractivity (Wildman–Crippen MR) is 110 cm³/mol. The topological polar surface area (TPSA) is 67.4 Å². The van der Waals surface area contributed by atoms with Gasteiger partial charge in [0.05, 0.1) is 18.7 Å². The fraction of sp³-hybridized carbons (Fsp3) is 0.333. The maximum Gasteiger partial charge on any atom is 0.255 e. The van der Waals surface area contributed by atoms with Crippen molar-refractivity contribution in [1.29, 1.82) is 0 Å². The Kier molecular flexibility index (Phi) is 8.71. The van der Waals surface area contributed by atoms with Crippen LogP contribution in [0.2, 0.25) is 0 Å². The normalized spacial score (nSPS) is 10.3. The number of nitrogens with one attached hydrogen (secondary N) is 2. The van der Waals surface area contributed by atoms with E-state index in [9.17, 15) is 9.59 Å². The van der Waals surface area contributed by atoms with Gasteiger partial charge in [0, 0.05) is 18.1 Å². The lowest BCUT2D eigenvalue weighted by molar-refractivity contribution is -0.120. The Bertz CT molecular complexity index is 747. The average Bonchev–Trinajstić information content (AvgIpc) is 2.68. The van der Waals surface area contributed by atoms with Crippen LogP contribution in [0.5, 0.6) is 5.75 Å². The zero-order chi connectivity index (χ0) is 19.5. The molecular formula is C21H26N2O3S. The van der Waals surface area contributed by atoms with Crippen molar-refractivity contribution in [3.63, 3.8) is 0 Å². The molecule has 0 fully saturated rings. The fourth-order valence-electron chi connectivity index (χ4n) is 2.39. The lowest BCUT2D eigenvalue weighted by atomic mass is 10.2. The molecule has 2 aromatic rings. The molecule has 0 unspecified atom stereocenters. The highest BCUT2D eigenvalue weighted by molar-refractivity contribution is 7.98. The molecule has 0 saturated heterocycles. The smallest absolute Gasteiger partial charge is 0.255 e. The quantitative estimate of drug-likeness (QED) is 0.616. The van der Waals surface area contributed by atoms with Gasteiger partial charge in [-0.05, 0) is 31.5 Å². The van der Waals surface area contributed by atoms with Crippen molar-refractivity contribution in [3.05, 3.63) is 65.2 Å². The second-order valence-electron chi connectivity index (χ2n) is 6.00. The number of aryl methyl sites for hydroxylation is 1. The molecule has 2 amide bonds. The number of carbonyl (C=O) groups is 2. The minimum Gasteiger partial charge on any atom is -0.493 e. The van der Waals surface area contributed by atoms with Gasteiger partial charge in [0.15, 0.2) is 0 Å². The van der Waals surface area contributed by atoms with Crippen LogP contribution in [0.4, 0.5) is 0 Å². The summed E-state index contributed by atoms with van der Waals surface area (Å²) in [6.07, 6.45) is 0. The van der Waals surface area contributed by atoms with Crippen LogP contribution in [0.1, 0.15) is 28.4 Å². The molecule has 0 aliphatic carbocycles. The second-order valence-corrected chi connectivity index (χ2v) is 7.11. The van der Waals surface area contributed by atoms with Gasteiger partial charge in [0.1, 0.15) is 5.75 Å². The van der Waals surface area contributed by atoms with Crippen molar-refractivity contribution in [1.82, 2.24) is 10.6 Å². The van der Waals surface area contributed by atoms with Crippen LogP contribution >= 0.6 is 11.8 Å². The first kappa shape index (κ1) is 20.8. The van der Waals surface area contributed by atoms with E-state index in [-0.39, 0.29) is 18.4 Å².